The minimum Gasteiger partial charge on any atom is -0.496 e. The molecule has 1 fully saturated rings. The van der Waals surface area contributed by atoms with Gasteiger partial charge in [0.2, 0.25) is 0 Å². The Bertz CT molecular complexity index is 375. The van der Waals surface area contributed by atoms with Crippen LogP contribution >= 0.6 is 0 Å². The summed E-state index contributed by atoms with van der Waals surface area (Å²) in [6.45, 7) is 6.77. The lowest BCUT2D eigenvalue weighted by molar-refractivity contribution is 0.237. The van der Waals surface area contributed by atoms with Gasteiger partial charge in [0.1, 0.15) is 5.75 Å². The fraction of sp³-hybridized carbons (Fsp3) is 0.625. The van der Waals surface area contributed by atoms with E-state index < -0.39 is 0 Å². The normalized spacial score (nSPS) is 22.9. The third kappa shape index (κ3) is 3.05. The maximum absolute atomic E-state index is 5.47. The number of hydrogen-bond donors (Lipinski definition) is 1. The summed E-state index contributed by atoms with van der Waals surface area (Å²) in [6.07, 6.45) is 2.64. The van der Waals surface area contributed by atoms with E-state index in [2.05, 4.69) is 37.4 Å². The molecule has 1 aliphatic rings. The van der Waals surface area contributed by atoms with Crippen LogP contribution < -0.4 is 10.1 Å². The molecule has 0 heterocycles. The smallest absolute Gasteiger partial charge is 0.122 e. The molecule has 0 saturated heterocycles. The third-order valence-corrected chi connectivity index (χ3v) is 3.92. The summed E-state index contributed by atoms with van der Waals surface area (Å²) in [4.78, 5) is 0. The number of nitrogens with one attached hydrogen (secondary N) is 1. The molecule has 2 rings (SSSR count). The van der Waals surface area contributed by atoms with Gasteiger partial charge in [-0.2, -0.15) is 0 Å². The van der Waals surface area contributed by atoms with E-state index in [9.17, 15) is 0 Å². The van der Waals surface area contributed by atoms with Crippen LogP contribution in [0.3, 0.4) is 0 Å². The maximum Gasteiger partial charge on any atom is 0.122 e. The van der Waals surface area contributed by atoms with Crippen LogP contribution in [0.2, 0.25) is 0 Å². The predicted molar refractivity (Wildman–Crippen MR) is 76.2 cm³/mol. The van der Waals surface area contributed by atoms with Crippen molar-refractivity contribution in [1.29, 1.82) is 0 Å². The highest BCUT2D eigenvalue weighted by Gasteiger charge is 2.33. The Morgan fingerprint density at radius 1 is 1.28 bits per heavy atom. The fourth-order valence-electron chi connectivity index (χ4n) is 2.75. The fourth-order valence-corrected chi connectivity index (χ4v) is 2.75. The van der Waals surface area contributed by atoms with Crippen LogP contribution in [0.1, 0.15) is 38.2 Å². The molecule has 0 radical (unpaired) electrons. The van der Waals surface area contributed by atoms with E-state index in [0.29, 0.717) is 5.92 Å². The summed E-state index contributed by atoms with van der Waals surface area (Å²) in [5, 5.41) is 3.58. The van der Waals surface area contributed by atoms with Crippen LogP contribution in [-0.4, -0.2) is 20.2 Å². The predicted octanol–water partition coefficient (Wildman–Crippen LogP) is 3.43. The highest BCUT2D eigenvalue weighted by molar-refractivity contribution is 5.37. The Morgan fingerprint density at radius 2 is 2.06 bits per heavy atom. The highest BCUT2D eigenvalue weighted by Crippen LogP contribution is 2.45. The zero-order valence-electron chi connectivity index (χ0n) is 11.8. The average Bonchev–Trinajstić information content (AvgIpc) is 2.33. The zero-order chi connectivity index (χ0) is 13.0. The molecular weight excluding hydrogens is 222 g/mol. The van der Waals surface area contributed by atoms with E-state index in [1.807, 2.05) is 6.07 Å². The van der Waals surface area contributed by atoms with Crippen molar-refractivity contribution in [3.8, 4) is 5.75 Å². The molecule has 1 aliphatic carbocycles. The van der Waals surface area contributed by atoms with Gasteiger partial charge in [0.05, 0.1) is 7.11 Å². The van der Waals surface area contributed by atoms with Gasteiger partial charge in [-0.15, -0.1) is 0 Å². The number of para-hydroxylation sites is 1. The first-order chi connectivity index (χ1) is 8.72. The van der Waals surface area contributed by atoms with Crippen LogP contribution in [0.25, 0.3) is 0 Å². The second-order valence-electron chi connectivity index (χ2n) is 5.74. The van der Waals surface area contributed by atoms with Crippen LogP contribution in [0.4, 0.5) is 0 Å². The molecule has 18 heavy (non-hydrogen) atoms. The summed E-state index contributed by atoms with van der Waals surface area (Å²) >= 11 is 0. The minimum atomic E-state index is 0.681. The molecule has 0 bridgehead atoms. The molecule has 0 amide bonds. The lowest BCUT2D eigenvalue weighted by atomic mass is 9.69. The van der Waals surface area contributed by atoms with E-state index in [0.717, 1.165) is 30.7 Å². The van der Waals surface area contributed by atoms with Crippen LogP contribution in [0.5, 0.6) is 5.75 Å². The second-order valence-corrected chi connectivity index (χ2v) is 5.74. The SMILES string of the molecule is COc1ccccc1C1CCC1CNCC(C)C. The summed E-state index contributed by atoms with van der Waals surface area (Å²) in [5.74, 6) is 3.24. The van der Waals surface area contributed by atoms with Gasteiger partial charge in [-0.1, -0.05) is 32.0 Å². The summed E-state index contributed by atoms with van der Waals surface area (Å²) in [6, 6.07) is 8.46. The first kappa shape index (κ1) is 13.4. The van der Waals surface area contributed by atoms with Crippen molar-refractivity contribution in [2.45, 2.75) is 32.6 Å². The standard InChI is InChI=1S/C16H25NO/c1-12(2)10-17-11-13-8-9-14(13)15-6-4-5-7-16(15)18-3/h4-7,12-14,17H,8-11H2,1-3H3. The first-order valence-electron chi connectivity index (χ1n) is 7.06. The van der Waals surface area contributed by atoms with Crippen molar-refractivity contribution in [2.24, 2.45) is 11.8 Å². The molecule has 100 valence electrons. The van der Waals surface area contributed by atoms with E-state index >= 15 is 0 Å². The molecule has 1 aromatic carbocycles. The van der Waals surface area contributed by atoms with Crippen molar-refractivity contribution in [3.63, 3.8) is 0 Å². The van der Waals surface area contributed by atoms with Crippen molar-refractivity contribution >= 4 is 0 Å². The zero-order valence-corrected chi connectivity index (χ0v) is 11.8. The van der Waals surface area contributed by atoms with Crippen LogP contribution in [0, 0.1) is 11.8 Å². The van der Waals surface area contributed by atoms with Crippen molar-refractivity contribution in [2.75, 3.05) is 20.2 Å². The van der Waals surface area contributed by atoms with Gasteiger partial charge in [0, 0.05) is 0 Å². The minimum absolute atomic E-state index is 0.681. The summed E-state index contributed by atoms with van der Waals surface area (Å²) in [7, 11) is 1.77. The van der Waals surface area contributed by atoms with Gasteiger partial charge in [0.15, 0.2) is 0 Å². The molecule has 1 N–H and O–H groups in total. The molecule has 0 aliphatic heterocycles. The molecule has 2 nitrogen and oxygen atoms in total. The van der Waals surface area contributed by atoms with Gasteiger partial charge >= 0.3 is 0 Å². The Labute approximate surface area is 111 Å². The van der Waals surface area contributed by atoms with Gasteiger partial charge in [-0.05, 0) is 55.3 Å². The molecule has 1 aromatic rings. The largest absolute Gasteiger partial charge is 0.496 e. The second kappa shape index (κ2) is 6.24. The number of ether oxygens (including phenoxy) is 1. The summed E-state index contributed by atoms with van der Waals surface area (Å²) < 4.78 is 5.47. The number of methoxy groups -OCH3 is 1. The Kier molecular flexibility index (Phi) is 4.65. The van der Waals surface area contributed by atoms with Crippen LogP contribution in [0.15, 0.2) is 24.3 Å². The van der Waals surface area contributed by atoms with E-state index in [-0.39, 0.29) is 0 Å². The Balaban J connectivity index is 1.93. The molecule has 2 heteroatoms. The number of benzene rings is 1. The van der Waals surface area contributed by atoms with Crippen molar-refractivity contribution in [1.82, 2.24) is 5.32 Å². The van der Waals surface area contributed by atoms with Gasteiger partial charge < -0.3 is 10.1 Å². The van der Waals surface area contributed by atoms with Crippen LogP contribution in [-0.2, 0) is 0 Å². The van der Waals surface area contributed by atoms with Crippen molar-refractivity contribution in [3.05, 3.63) is 29.8 Å². The third-order valence-electron chi connectivity index (χ3n) is 3.92. The molecule has 0 spiro atoms. The van der Waals surface area contributed by atoms with Crippen molar-refractivity contribution < 1.29 is 4.74 Å². The lowest BCUT2D eigenvalue weighted by Gasteiger charge is -2.38. The molecule has 2 atom stereocenters. The van der Waals surface area contributed by atoms with Gasteiger partial charge in [-0.3, -0.25) is 0 Å². The monoisotopic (exact) mass is 247 g/mol. The average molecular weight is 247 g/mol. The Hall–Kier alpha value is -1.02. The molecule has 0 aromatic heterocycles. The maximum atomic E-state index is 5.47. The lowest BCUT2D eigenvalue weighted by Crippen LogP contribution is -2.35. The van der Waals surface area contributed by atoms with Gasteiger partial charge in [-0.25, -0.2) is 0 Å². The molecule has 2 unspecified atom stereocenters. The number of hydrogen-bond acceptors (Lipinski definition) is 2. The Morgan fingerprint density at radius 3 is 2.67 bits per heavy atom. The van der Waals surface area contributed by atoms with E-state index in [4.69, 9.17) is 4.74 Å². The van der Waals surface area contributed by atoms with E-state index in [1.165, 1.54) is 18.4 Å². The number of rotatable bonds is 6. The first-order valence-corrected chi connectivity index (χ1v) is 7.06. The summed E-state index contributed by atoms with van der Waals surface area (Å²) in [5.41, 5.74) is 1.39. The van der Waals surface area contributed by atoms with Gasteiger partial charge in [0.25, 0.3) is 0 Å². The quantitative estimate of drug-likeness (QED) is 0.831. The molecule has 1 saturated carbocycles. The topological polar surface area (TPSA) is 21.3 Å². The molecular formula is C16H25NO. The highest BCUT2D eigenvalue weighted by atomic mass is 16.5. The van der Waals surface area contributed by atoms with E-state index in [1.54, 1.807) is 7.11 Å².